The summed E-state index contributed by atoms with van der Waals surface area (Å²) >= 11 is 6.25. The molecule has 3 aromatic rings. The summed E-state index contributed by atoms with van der Waals surface area (Å²) in [6.45, 7) is 4.31. The molecule has 8 heteroatoms. The molecule has 0 amide bonds. The van der Waals surface area contributed by atoms with E-state index in [2.05, 4.69) is 5.16 Å². The van der Waals surface area contributed by atoms with Gasteiger partial charge in [0.05, 0.1) is 23.7 Å². The van der Waals surface area contributed by atoms with Gasteiger partial charge in [0.25, 0.3) is 0 Å². The van der Waals surface area contributed by atoms with Gasteiger partial charge in [-0.1, -0.05) is 35.0 Å². The molecule has 0 fully saturated rings. The van der Waals surface area contributed by atoms with E-state index >= 15 is 0 Å². The number of aryl methyl sites for hydroxylation is 1. The molecule has 0 bridgehead atoms. The third-order valence-corrected chi connectivity index (χ3v) is 6.26. The lowest BCUT2D eigenvalue weighted by Crippen LogP contribution is -2.30. The Morgan fingerprint density at radius 2 is 1.82 bits per heavy atom. The Hall–Kier alpha value is -2.35. The van der Waals surface area contributed by atoms with E-state index in [0.29, 0.717) is 34.4 Å². The van der Waals surface area contributed by atoms with Crippen molar-refractivity contribution in [3.05, 3.63) is 76.6 Å². The predicted molar refractivity (Wildman–Crippen MR) is 107 cm³/mol. The second kappa shape index (κ2) is 8.77. The van der Waals surface area contributed by atoms with E-state index in [-0.39, 0.29) is 18.0 Å². The lowest BCUT2D eigenvalue weighted by atomic mass is 10.2. The molecule has 0 N–H and O–H groups in total. The van der Waals surface area contributed by atoms with Crippen LogP contribution in [0.3, 0.4) is 0 Å². The average molecular weight is 421 g/mol. The third kappa shape index (κ3) is 4.73. The number of hydrogen-bond acceptors (Lipinski definition) is 5. The van der Waals surface area contributed by atoms with Crippen LogP contribution < -0.4 is 4.74 Å². The van der Waals surface area contributed by atoms with Gasteiger partial charge in [-0.3, -0.25) is 0 Å². The first kappa shape index (κ1) is 20.4. The Morgan fingerprint density at radius 3 is 2.43 bits per heavy atom. The minimum absolute atomic E-state index is 0.0433. The smallest absolute Gasteiger partial charge is 0.243 e. The number of hydrogen-bond donors (Lipinski definition) is 0. The van der Waals surface area contributed by atoms with Gasteiger partial charge in [0.2, 0.25) is 10.0 Å². The van der Waals surface area contributed by atoms with Gasteiger partial charge >= 0.3 is 0 Å². The number of rotatable bonds is 8. The fourth-order valence-corrected chi connectivity index (χ4v) is 4.31. The van der Waals surface area contributed by atoms with Crippen LogP contribution in [0.5, 0.6) is 5.75 Å². The Morgan fingerprint density at radius 1 is 1.11 bits per heavy atom. The molecule has 0 aliphatic heterocycles. The van der Waals surface area contributed by atoms with Crippen LogP contribution in [0.1, 0.15) is 23.9 Å². The second-order valence-corrected chi connectivity index (χ2v) is 8.55. The maximum absolute atomic E-state index is 13.3. The normalized spacial score (nSPS) is 11.7. The number of aromatic nitrogens is 1. The highest BCUT2D eigenvalue weighted by atomic mass is 35.5. The minimum atomic E-state index is -3.81. The number of halogens is 1. The summed E-state index contributed by atoms with van der Waals surface area (Å²) < 4.78 is 38.6. The van der Waals surface area contributed by atoms with Gasteiger partial charge in [-0.15, -0.1) is 0 Å². The maximum Gasteiger partial charge on any atom is 0.243 e. The standard InChI is InChI=1S/C20H21ClN2O4S/c1-3-26-17-8-10-19(11-9-17)28(24,25)23(14-18-12-15(2)22-27-18)13-16-6-4-5-7-20(16)21/h4-12H,3,13-14H2,1-2H3. The first-order valence-electron chi connectivity index (χ1n) is 8.78. The van der Waals surface area contributed by atoms with Gasteiger partial charge in [0, 0.05) is 17.6 Å². The topological polar surface area (TPSA) is 72.6 Å². The fraction of sp³-hybridized carbons (Fsp3) is 0.250. The highest BCUT2D eigenvalue weighted by Gasteiger charge is 2.27. The van der Waals surface area contributed by atoms with Gasteiger partial charge in [0.1, 0.15) is 5.75 Å². The monoisotopic (exact) mass is 420 g/mol. The summed E-state index contributed by atoms with van der Waals surface area (Å²) in [6, 6.07) is 15.2. The molecule has 28 heavy (non-hydrogen) atoms. The number of sulfonamides is 1. The molecule has 0 spiro atoms. The van der Waals surface area contributed by atoms with Gasteiger partial charge in [-0.25, -0.2) is 8.42 Å². The van der Waals surface area contributed by atoms with Crippen LogP contribution in [0.2, 0.25) is 5.02 Å². The summed E-state index contributed by atoms with van der Waals surface area (Å²) in [6.07, 6.45) is 0. The zero-order chi connectivity index (χ0) is 20.1. The molecule has 1 aromatic heterocycles. The number of benzene rings is 2. The first-order chi connectivity index (χ1) is 13.4. The van der Waals surface area contributed by atoms with Gasteiger partial charge in [0.15, 0.2) is 5.76 Å². The molecule has 2 aromatic carbocycles. The third-order valence-electron chi connectivity index (χ3n) is 4.09. The predicted octanol–water partition coefficient (Wildman–Crippen LogP) is 4.43. The van der Waals surface area contributed by atoms with E-state index < -0.39 is 10.0 Å². The molecule has 0 unspecified atom stereocenters. The molecule has 0 radical (unpaired) electrons. The molecule has 1 heterocycles. The van der Waals surface area contributed by atoms with Crippen molar-refractivity contribution in [1.29, 1.82) is 0 Å². The van der Waals surface area contributed by atoms with E-state index in [1.807, 2.05) is 13.0 Å². The van der Waals surface area contributed by atoms with Crippen LogP contribution in [0.4, 0.5) is 0 Å². The van der Waals surface area contributed by atoms with Crippen molar-refractivity contribution in [1.82, 2.24) is 9.46 Å². The van der Waals surface area contributed by atoms with Crippen LogP contribution in [0.25, 0.3) is 0 Å². The van der Waals surface area contributed by atoms with Crippen molar-refractivity contribution >= 4 is 21.6 Å². The largest absolute Gasteiger partial charge is 0.494 e. The molecule has 0 saturated heterocycles. The van der Waals surface area contributed by atoms with Gasteiger partial charge < -0.3 is 9.26 Å². The van der Waals surface area contributed by atoms with Crippen LogP contribution in [0.15, 0.2) is 64.0 Å². The molecular weight excluding hydrogens is 400 g/mol. The Kier molecular flexibility index (Phi) is 6.39. The van der Waals surface area contributed by atoms with Crippen molar-refractivity contribution in [2.75, 3.05) is 6.61 Å². The van der Waals surface area contributed by atoms with Crippen LogP contribution in [0, 0.1) is 6.92 Å². The molecule has 0 aliphatic rings. The van der Waals surface area contributed by atoms with Crippen molar-refractivity contribution in [3.8, 4) is 5.75 Å². The van der Waals surface area contributed by atoms with E-state index in [1.165, 1.54) is 16.4 Å². The van der Waals surface area contributed by atoms with Gasteiger partial charge in [-0.05, 0) is 49.7 Å². The molecular formula is C20H21ClN2O4S. The summed E-state index contributed by atoms with van der Waals surface area (Å²) in [4.78, 5) is 0.166. The molecule has 6 nitrogen and oxygen atoms in total. The minimum Gasteiger partial charge on any atom is -0.494 e. The lowest BCUT2D eigenvalue weighted by Gasteiger charge is -2.22. The maximum atomic E-state index is 13.3. The van der Waals surface area contributed by atoms with Crippen LogP contribution in [-0.4, -0.2) is 24.5 Å². The summed E-state index contributed by atoms with van der Waals surface area (Å²) in [5, 5.41) is 4.34. The van der Waals surface area contributed by atoms with Gasteiger partial charge in [-0.2, -0.15) is 4.31 Å². The van der Waals surface area contributed by atoms with E-state index in [4.69, 9.17) is 20.9 Å². The Balaban J connectivity index is 1.95. The summed E-state index contributed by atoms with van der Waals surface area (Å²) in [7, 11) is -3.81. The van der Waals surface area contributed by atoms with Crippen molar-refractivity contribution in [3.63, 3.8) is 0 Å². The second-order valence-electron chi connectivity index (χ2n) is 6.20. The van der Waals surface area contributed by atoms with Crippen LogP contribution >= 0.6 is 11.6 Å². The molecule has 0 saturated carbocycles. The number of nitrogens with zero attached hydrogens (tertiary/aromatic N) is 2. The first-order valence-corrected chi connectivity index (χ1v) is 10.6. The molecule has 148 valence electrons. The lowest BCUT2D eigenvalue weighted by molar-refractivity contribution is 0.317. The molecule has 3 rings (SSSR count). The quantitative estimate of drug-likeness (QED) is 0.539. The van der Waals surface area contributed by atoms with E-state index in [0.717, 1.165) is 0 Å². The zero-order valence-corrected chi connectivity index (χ0v) is 17.2. The van der Waals surface area contributed by atoms with Crippen molar-refractivity contribution in [2.24, 2.45) is 0 Å². The Labute approximate surface area is 169 Å². The molecule has 0 atom stereocenters. The SMILES string of the molecule is CCOc1ccc(S(=O)(=O)N(Cc2cc(C)no2)Cc2ccccc2Cl)cc1. The fourth-order valence-electron chi connectivity index (χ4n) is 2.73. The van der Waals surface area contributed by atoms with E-state index in [1.54, 1.807) is 43.3 Å². The van der Waals surface area contributed by atoms with Crippen LogP contribution in [-0.2, 0) is 23.1 Å². The average Bonchev–Trinajstić information content (AvgIpc) is 3.08. The number of ether oxygens (including phenoxy) is 1. The highest BCUT2D eigenvalue weighted by molar-refractivity contribution is 7.89. The Bertz CT molecular complexity index is 1030. The summed E-state index contributed by atoms with van der Waals surface area (Å²) in [5.41, 5.74) is 1.39. The summed E-state index contributed by atoms with van der Waals surface area (Å²) in [5.74, 6) is 1.07. The highest BCUT2D eigenvalue weighted by Crippen LogP contribution is 2.25. The van der Waals surface area contributed by atoms with Crippen molar-refractivity contribution < 1.29 is 17.7 Å². The molecule has 0 aliphatic carbocycles. The van der Waals surface area contributed by atoms with E-state index in [9.17, 15) is 8.42 Å². The van der Waals surface area contributed by atoms with Crippen molar-refractivity contribution in [2.45, 2.75) is 31.8 Å². The zero-order valence-electron chi connectivity index (χ0n) is 15.6.